The molecule has 0 spiro atoms. The van der Waals surface area contributed by atoms with Crippen molar-refractivity contribution in [3.05, 3.63) is 59.2 Å². The largest absolute Gasteiger partial charge is 0.452 e. The van der Waals surface area contributed by atoms with Gasteiger partial charge < -0.3 is 14.8 Å². The molecular weight excluding hydrogens is 434 g/mol. The number of halogens is 2. The van der Waals surface area contributed by atoms with E-state index in [1.54, 1.807) is 6.92 Å². The predicted molar refractivity (Wildman–Crippen MR) is 106 cm³/mol. The number of hydrogen-bond donors (Lipinski definition) is 1. The summed E-state index contributed by atoms with van der Waals surface area (Å²) in [5.74, 6) is -3.25. The van der Waals surface area contributed by atoms with Gasteiger partial charge in [-0.15, -0.1) is 0 Å². The van der Waals surface area contributed by atoms with Gasteiger partial charge in [-0.1, -0.05) is 6.07 Å². The molecule has 1 fully saturated rings. The van der Waals surface area contributed by atoms with Crippen LogP contribution in [0, 0.1) is 18.6 Å². The maximum Gasteiger partial charge on any atom is 0.338 e. The molecule has 31 heavy (non-hydrogen) atoms. The minimum atomic E-state index is -4.17. The lowest BCUT2D eigenvalue weighted by Gasteiger charge is -2.26. The van der Waals surface area contributed by atoms with Crippen LogP contribution >= 0.6 is 0 Å². The van der Waals surface area contributed by atoms with E-state index in [-0.39, 0.29) is 37.6 Å². The van der Waals surface area contributed by atoms with Crippen LogP contribution in [0.3, 0.4) is 0 Å². The number of rotatable bonds is 6. The minimum Gasteiger partial charge on any atom is -0.452 e. The third kappa shape index (κ3) is 5.43. The van der Waals surface area contributed by atoms with Gasteiger partial charge in [0, 0.05) is 18.8 Å². The second-order valence-corrected chi connectivity index (χ2v) is 8.66. The molecule has 1 N–H and O–H groups in total. The Morgan fingerprint density at radius 1 is 1.10 bits per heavy atom. The molecule has 2 aromatic rings. The van der Waals surface area contributed by atoms with Crippen molar-refractivity contribution in [2.75, 3.05) is 38.2 Å². The molecule has 0 unspecified atom stereocenters. The lowest BCUT2D eigenvalue weighted by Crippen LogP contribution is -2.41. The number of sulfonamides is 1. The Bertz CT molecular complexity index is 1100. The van der Waals surface area contributed by atoms with Crippen molar-refractivity contribution in [2.24, 2.45) is 0 Å². The molecule has 8 nitrogen and oxygen atoms in total. The third-order valence-electron chi connectivity index (χ3n) is 4.54. The fourth-order valence-corrected chi connectivity index (χ4v) is 4.33. The van der Waals surface area contributed by atoms with Gasteiger partial charge >= 0.3 is 5.97 Å². The van der Waals surface area contributed by atoms with Crippen molar-refractivity contribution in [1.82, 2.24) is 4.31 Å². The Morgan fingerprint density at radius 2 is 1.81 bits per heavy atom. The zero-order chi connectivity index (χ0) is 22.6. The molecule has 3 rings (SSSR count). The molecule has 0 bridgehead atoms. The number of nitrogens with zero attached hydrogens (tertiary/aromatic N) is 1. The standard InChI is InChI=1S/C20H20F2N2O6S/c1-13-2-4-15(11-17(13)22)23-19(25)12-30-20(26)14-3-5-16(21)18(10-14)31(27,28)24-6-8-29-9-7-24/h2-5,10-11H,6-9,12H2,1H3,(H,23,25). The summed E-state index contributed by atoms with van der Waals surface area (Å²) in [5, 5.41) is 2.37. The predicted octanol–water partition coefficient (Wildman–Crippen LogP) is 2.09. The van der Waals surface area contributed by atoms with Crippen LogP contribution in [0.2, 0.25) is 0 Å². The number of carbonyl (C=O) groups excluding carboxylic acids is 2. The summed E-state index contributed by atoms with van der Waals surface area (Å²) in [7, 11) is -4.17. The van der Waals surface area contributed by atoms with Crippen LogP contribution in [0.1, 0.15) is 15.9 Å². The van der Waals surface area contributed by atoms with E-state index in [1.165, 1.54) is 12.1 Å². The van der Waals surface area contributed by atoms with Gasteiger partial charge in [-0.05, 0) is 42.8 Å². The highest BCUT2D eigenvalue weighted by molar-refractivity contribution is 7.89. The minimum absolute atomic E-state index is 0.0657. The summed E-state index contributed by atoms with van der Waals surface area (Å²) in [6, 6.07) is 6.86. The van der Waals surface area contributed by atoms with E-state index >= 15 is 0 Å². The van der Waals surface area contributed by atoms with E-state index in [0.29, 0.717) is 5.56 Å². The Labute approximate surface area is 177 Å². The van der Waals surface area contributed by atoms with Crippen LogP contribution in [0.4, 0.5) is 14.5 Å². The lowest BCUT2D eigenvalue weighted by atomic mass is 10.2. The molecule has 1 aliphatic rings. The highest BCUT2D eigenvalue weighted by atomic mass is 32.2. The normalized spacial score (nSPS) is 14.8. The summed E-state index contributed by atoms with van der Waals surface area (Å²) in [4.78, 5) is 23.5. The summed E-state index contributed by atoms with van der Waals surface area (Å²) >= 11 is 0. The molecule has 0 radical (unpaired) electrons. The molecular formula is C20H20F2N2O6S. The van der Waals surface area contributed by atoms with Gasteiger partial charge in [0.05, 0.1) is 18.8 Å². The highest BCUT2D eigenvalue weighted by Gasteiger charge is 2.30. The number of hydrogen-bond acceptors (Lipinski definition) is 6. The number of anilines is 1. The smallest absolute Gasteiger partial charge is 0.338 e. The maximum absolute atomic E-state index is 14.2. The first-order valence-corrected chi connectivity index (χ1v) is 10.7. The molecule has 0 aliphatic carbocycles. The van der Waals surface area contributed by atoms with Crippen LogP contribution in [0.25, 0.3) is 0 Å². The fraction of sp³-hybridized carbons (Fsp3) is 0.300. The number of carbonyl (C=O) groups is 2. The number of amides is 1. The van der Waals surface area contributed by atoms with Crippen molar-refractivity contribution in [1.29, 1.82) is 0 Å². The molecule has 1 amide bonds. The molecule has 1 saturated heterocycles. The second kappa shape index (κ2) is 9.50. The number of aryl methyl sites for hydroxylation is 1. The number of nitrogens with one attached hydrogen (secondary N) is 1. The first-order chi connectivity index (χ1) is 14.7. The van der Waals surface area contributed by atoms with Crippen LogP contribution in [-0.2, 0) is 24.3 Å². The number of ether oxygens (including phenoxy) is 2. The van der Waals surface area contributed by atoms with Crippen LogP contribution in [0.5, 0.6) is 0 Å². The molecule has 0 aromatic heterocycles. The van der Waals surface area contributed by atoms with Crippen LogP contribution in [-0.4, -0.2) is 57.5 Å². The quantitative estimate of drug-likeness (QED) is 0.671. The van der Waals surface area contributed by atoms with Gasteiger partial charge in [-0.2, -0.15) is 4.31 Å². The molecule has 11 heteroatoms. The summed E-state index contributed by atoms with van der Waals surface area (Å²) < 4.78 is 64.2. The number of esters is 1. The molecule has 1 aliphatic heterocycles. The van der Waals surface area contributed by atoms with Gasteiger partial charge in [-0.25, -0.2) is 22.0 Å². The highest BCUT2D eigenvalue weighted by Crippen LogP contribution is 2.22. The Morgan fingerprint density at radius 3 is 2.48 bits per heavy atom. The molecule has 1 heterocycles. The van der Waals surface area contributed by atoms with E-state index in [1.807, 2.05) is 0 Å². The van der Waals surface area contributed by atoms with Crippen LogP contribution in [0.15, 0.2) is 41.3 Å². The second-order valence-electron chi connectivity index (χ2n) is 6.75. The average molecular weight is 454 g/mol. The van der Waals surface area contributed by atoms with E-state index < -0.39 is 45.0 Å². The van der Waals surface area contributed by atoms with Gasteiger partial charge in [0.1, 0.15) is 16.5 Å². The summed E-state index contributed by atoms with van der Waals surface area (Å²) in [5.41, 5.74) is 0.357. The van der Waals surface area contributed by atoms with Gasteiger partial charge in [0.2, 0.25) is 10.0 Å². The van der Waals surface area contributed by atoms with Gasteiger partial charge in [0.25, 0.3) is 5.91 Å². The van der Waals surface area contributed by atoms with Crippen molar-refractivity contribution in [2.45, 2.75) is 11.8 Å². The summed E-state index contributed by atoms with van der Waals surface area (Å²) in [6.07, 6.45) is 0. The van der Waals surface area contributed by atoms with Crippen molar-refractivity contribution >= 4 is 27.6 Å². The van der Waals surface area contributed by atoms with Gasteiger partial charge in [0.15, 0.2) is 6.61 Å². The lowest BCUT2D eigenvalue weighted by molar-refractivity contribution is -0.119. The monoisotopic (exact) mass is 454 g/mol. The zero-order valence-electron chi connectivity index (χ0n) is 16.6. The number of benzene rings is 2. The molecule has 166 valence electrons. The maximum atomic E-state index is 14.2. The summed E-state index contributed by atoms with van der Waals surface area (Å²) in [6.45, 7) is 1.37. The Hall–Kier alpha value is -2.89. The van der Waals surface area contributed by atoms with E-state index in [2.05, 4.69) is 5.32 Å². The molecule has 0 saturated carbocycles. The van der Waals surface area contributed by atoms with E-state index in [4.69, 9.17) is 9.47 Å². The number of morpholine rings is 1. The SMILES string of the molecule is Cc1ccc(NC(=O)COC(=O)c2ccc(F)c(S(=O)(=O)N3CCOCC3)c2)cc1F. The van der Waals surface area contributed by atoms with E-state index in [0.717, 1.165) is 28.6 Å². The molecule has 2 aromatic carbocycles. The van der Waals surface area contributed by atoms with Crippen molar-refractivity contribution in [3.63, 3.8) is 0 Å². The Kier molecular flexibility index (Phi) is 6.98. The van der Waals surface area contributed by atoms with E-state index in [9.17, 15) is 26.8 Å². The topological polar surface area (TPSA) is 102 Å². The molecule has 0 atom stereocenters. The zero-order valence-corrected chi connectivity index (χ0v) is 17.4. The van der Waals surface area contributed by atoms with Crippen molar-refractivity contribution in [3.8, 4) is 0 Å². The average Bonchev–Trinajstić information content (AvgIpc) is 2.75. The fourth-order valence-electron chi connectivity index (χ4n) is 2.84. The van der Waals surface area contributed by atoms with Crippen LogP contribution < -0.4 is 5.32 Å². The first-order valence-electron chi connectivity index (χ1n) is 9.29. The third-order valence-corrected chi connectivity index (χ3v) is 6.46. The van der Waals surface area contributed by atoms with Gasteiger partial charge in [-0.3, -0.25) is 4.79 Å². The van der Waals surface area contributed by atoms with Crippen molar-refractivity contribution < 1.29 is 36.3 Å². The first kappa shape index (κ1) is 22.8. The Balaban J connectivity index is 1.67.